The molecule has 2 rings (SSSR count). The van der Waals surface area contributed by atoms with Crippen molar-refractivity contribution in [3.8, 4) is 0 Å². The van der Waals surface area contributed by atoms with Crippen molar-refractivity contribution in [3.05, 3.63) is 0 Å². The summed E-state index contributed by atoms with van der Waals surface area (Å²) >= 11 is 0. The third kappa shape index (κ3) is 1.82. The summed E-state index contributed by atoms with van der Waals surface area (Å²) < 4.78 is 5.50. The molecule has 0 bridgehead atoms. The van der Waals surface area contributed by atoms with E-state index >= 15 is 0 Å². The molecule has 2 aliphatic carbocycles. The molecule has 2 fully saturated rings. The van der Waals surface area contributed by atoms with Crippen LogP contribution in [0.4, 0.5) is 0 Å². The summed E-state index contributed by atoms with van der Waals surface area (Å²) in [5.41, 5.74) is 0.515. The van der Waals surface area contributed by atoms with E-state index in [2.05, 4.69) is 19.2 Å². The minimum Gasteiger partial charge on any atom is -0.380 e. The van der Waals surface area contributed by atoms with Crippen LogP contribution in [0.1, 0.15) is 46.0 Å². The summed E-state index contributed by atoms with van der Waals surface area (Å²) in [5.74, 6) is 0. The Bertz CT molecular complexity index is 202. The van der Waals surface area contributed by atoms with Crippen molar-refractivity contribution in [2.75, 3.05) is 7.11 Å². The molecule has 82 valence electrons. The summed E-state index contributed by atoms with van der Waals surface area (Å²) in [6.45, 7) is 4.73. The van der Waals surface area contributed by atoms with Gasteiger partial charge in [0.25, 0.3) is 0 Å². The van der Waals surface area contributed by atoms with Gasteiger partial charge in [-0.25, -0.2) is 0 Å². The maximum absolute atomic E-state index is 5.50. The highest BCUT2D eigenvalue weighted by atomic mass is 16.5. The molecule has 0 radical (unpaired) electrons. The van der Waals surface area contributed by atoms with Crippen LogP contribution in [0.25, 0.3) is 0 Å². The van der Waals surface area contributed by atoms with Gasteiger partial charge in [0, 0.05) is 19.2 Å². The van der Waals surface area contributed by atoms with Crippen LogP contribution in [-0.2, 0) is 4.74 Å². The van der Waals surface area contributed by atoms with Gasteiger partial charge in [-0.05, 0) is 37.5 Å². The minimum absolute atomic E-state index is 0.464. The van der Waals surface area contributed by atoms with Gasteiger partial charge in [0.2, 0.25) is 0 Å². The normalized spacial score (nSPS) is 40.9. The van der Waals surface area contributed by atoms with Gasteiger partial charge < -0.3 is 10.1 Å². The van der Waals surface area contributed by atoms with Crippen molar-refractivity contribution < 1.29 is 4.74 Å². The Balaban J connectivity index is 1.85. The molecule has 2 aliphatic rings. The summed E-state index contributed by atoms with van der Waals surface area (Å²) in [5, 5.41) is 3.78. The van der Waals surface area contributed by atoms with Gasteiger partial charge in [0.1, 0.15) is 0 Å². The van der Waals surface area contributed by atoms with E-state index in [1.54, 1.807) is 0 Å². The molecule has 0 aromatic carbocycles. The number of nitrogens with one attached hydrogen (secondary N) is 1. The third-order valence-electron chi connectivity index (χ3n) is 4.19. The van der Waals surface area contributed by atoms with E-state index in [0.29, 0.717) is 17.6 Å². The molecule has 0 heterocycles. The Morgan fingerprint density at radius 2 is 2.00 bits per heavy atom. The molecule has 2 nitrogen and oxygen atoms in total. The lowest BCUT2D eigenvalue weighted by Gasteiger charge is -2.47. The van der Waals surface area contributed by atoms with Crippen molar-refractivity contribution in [2.24, 2.45) is 5.41 Å². The van der Waals surface area contributed by atoms with E-state index in [-0.39, 0.29) is 0 Å². The number of hydrogen-bond donors (Lipinski definition) is 1. The van der Waals surface area contributed by atoms with Gasteiger partial charge in [-0.1, -0.05) is 13.8 Å². The number of ether oxygens (including phenoxy) is 1. The molecule has 2 saturated carbocycles. The molecule has 1 N–H and O–H groups in total. The van der Waals surface area contributed by atoms with E-state index in [1.807, 2.05) is 7.11 Å². The van der Waals surface area contributed by atoms with Crippen molar-refractivity contribution in [1.82, 2.24) is 5.32 Å². The van der Waals surface area contributed by atoms with Crippen LogP contribution in [0.5, 0.6) is 0 Å². The van der Waals surface area contributed by atoms with Crippen molar-refractivity contribution in [3.63, 3.8) is 0 Å². The predicted molar refractivity (Wildman–Crippen MR) is 58.4 cm³/mol. The molecule has 0 aromatic rings. The van der Waals surface area contributed by atoms with Crippen molar-refractivity contribution in [1.29, 1.82) is 0 Å². The van der Waals surface area contributed by atoms with Gasteiger partial charge in [0.15, 0.2) is 0 Å². The molecular formula is C12H23NO. The van der Waals surface area contributed by atoms with E-state index in [4.69, 9.17) is 4.74 Å². The zero-order valence-corrected chi connectivity index (χ0v) is 9.68. The van der Waals surface area contributed by atoms with Crippen LogP contribution >= 0.6 is 0 Å². The third-order valence-corrected chi connectivity index (χ3v) is 4.19. The average molecular weight is 197 g/mol. The Labute approximate surface area is 87.4 Å². The lowest BCUT2D eigenvalue weighted by atomic mass is 9.67. The smallest absolute Gasteiger partial charge is 0.0724 e. The van der Waals surface area contributed by atoms with Crippen LogP contribution in [-0.4, -0.2) is 25.3 Å². The Hall–Kier alpha value is -0.0800. The van der Waals surface area contributed by atoms with Crippen LogP contribution in [0.2, 0.25) is 0 Å². The van der Waals surface area contributed by atoms with Crippen LogP contribution in [0, 0.1) is 5.41 Å². The minimum atomic E-state index is 0.464. The van der Waals surface area contributed by atoms with E-state index in [1.165, 1.54) is 32.1 Å². The zero-order chi connectivity index (χ0) is 10.2. The first-order chi connectivity index (χ1) is 6.63. The average Bonchev–Trinajstić information content (AvgIpc) is 2.59. The van der Waals surface area contributed by atoms with Crippen molar-refractivity contribution in [2.45, 2.75) is 64.1 Å². The first-order valence-electron chi connectivity index (χ1n) is 5.92. The highest BCUT2D eigenvalue weighted by molar-refractivity contribution is 4.98. The van der Waals surface area contributed by atoms with Crippen LogP contribution in [0.15, 0.2) is 0 Å². The molecule has 0 saturated heterocycles. The molecule has 0 aromatic heterocycles. The predicted octanol–water partition coefficient (Wildman–Crippen LogP) is 2.33. The molecule has 14 heavy (non-hydrogen) atoms. The quantitative estimate of drug-likeness (QED) is 0.750. The molecule has 0 spiro atoms. The monoisotopic (exact) mass is 197 g/mol. The lowest BCUT2D eigenvalue weighted by molar-refractivity contribution is 0.0454. The Morgan fingerprint density at radius 3 is 2.50 bits per heavy atom. The second kappa shape index (κ2) is 3.82. The fourth-order valence-electron chi connectivity index (χ4n) is 2.83. The van der Waals surface area contributed by atoms with Crippen molar-refractivity contribution >= 4 is 0 Å². The summed E-state index contributed by atoms with van der Waals surface area (Å²) in [6, 6.07) is 1.34. The number of methoxy groups -OCH3 is 1. The standard InChI is InChI=1S/C12H23NO/c1-12(2)8-7-11(12)13-9-5-4-6-10(9)14-3/h9-11,13H,4-8H2,1-3H3/t9-,10-,11?/m0/s1. The largest absolute Gasteiger partial charge is 0.380 e. The summed E-state index contributed by atoms with van der Waals surface area (Å²) in [6.07, 6.45) is 7.04. The molecule has 1 unspecified atom stereocenters. The fourth-order valence-corrected chi connectivity index (χ4v) is 2.83. The van der Waals surface area contributed by atoms with Gasteiger partial charge in [-0.2, -0.15) is 0 Å². The topological polar surface area (TPSA) is 21.3 Å². The summed E-state index contributed by atoms with van der Waals surface area (Å²) in [7, 11) is 1.84. The number of rotatable bonds is 3. The summed E-state index contributed by atoms with van der Waals surface area (Å²) in [4.78, 5) is 0. The van der Waals surface area contributed by atoms with Gasteiger partial charge in [-0.3, -0.25) is 0 Å². The maximum atomic E-state index is 5.50. The lowest BCUT2D eigenvalue weighted by Crippen LogP contribution is -2.55. The maximum Gasteiger partial charge on any atom is 0.0724 e. The molecule has 0 amide bonds. The number of hydrogen-bond acceptors (Lipinski definition) is 2. The van der Waals surface area contributed by atoms with E-state index in [0.717, 1.165) is 6.04 Å². The Morgan fingerprint density at radius 1 is 1.21 bits per heavy atom. The van der Waals surface area contributed by atoms with Gasteiger partial charge in [-0.15, -0.1) is 0 Å². The zero-order valence-electron chi connectivity index (χ0n) is 9.68. The molecule has 0 aliphatic heterocycles. The van der Waals surface area contributed by atoms with Crippen LogP contribution in [0.3, 0.4) is 0 Å². The molecular weight excluding hydrogens is 174 g/mol. The first kappa shape index (κ1) is 10.4. The van der Waals surface area contributed by atoms with E-state index < -0.39 is 0 Å². The second-order valence-electron chi connectivity index (χ2n) is 5.56. The molecule has 2 heteroatoms. The Kier molecular flexibility index (Phi) is 2.85. The SMILES string of the molecule is CO[C@H]1CCC[C@@H]1NC1CCC1(C)C. The van der Waals surface area contributed by atoms with Crippen LogP contribution < -0.4 is 5.32 Å². The highest BCUT2D eigenvalue weighted by Crippen LogP contribution is 2.41. The van der Waals surface area contributed by atoms with Gasteiger partial charge >= 0.3 is 0 Å². The first-order valence-corrected chi connectivity index (χ1v) is 5.92. The van der Waals surface area contributed by atoms with E-state index in [9.17, 15) is 0 Å². The fraction of sp³-hybridized carbons (Fsp3) is 1.00. The van der Waals surface area contributed by atoms with Gasteiger partial charge in [0.05, 0.1) is 6.10 Å². The molecule has 3 atom stereocenters. The second-order valence-corrected chi connectivity index (χ2v) is 5.56. The highest BCUT2D eigenvalue weighted by Gasteiger charge is 2.41.